The van der Waals surface area contributed by atoms with Gasteiger partial charge in [-0.15, -0.1) is 0 Å². The van der Waals surface area contributed by atoms with Crippen LogP contribution in [0.25, 0.3) is 0 Å². The van der Waals surface area contributed by atoms with E-state index >= 15 is 0 Å². The van der Waals surface area contributed by atoms with Gasteiger partial charge in [0.25, 0.3) is 0 Å². The predicted octanol–water partition coefficient (Wildman–Crippen LogP) is 1.49. The molecule has 1 unspecified atom stereocenters. The molecular formula is C13H12N4O3. The van der Waals surface area contributed by atoms with Gasteiger partial charge in [0.2, 0.25) is 0 Å². The van der Waals surface area contributed by atoms with Crippen molar-refractivity contribution in [2.24, 2.45) is 0 Å². The Morgan fingerprint density at radius 1 is 1.50 bits per heavy atom. The average Bonchev–Trinajstić information content (AvgIpc) is 3.27. The first-order chi connectivity index (χ1) is 9.63. The number of hydrogen-bond acceptors (Lipinski definition) is 6. The molecular weight excluding hydrogens is 260 g/mol. The summed E-state index contributed by atoms with van der Waals surface area (Å²) in [4.78, 5) is 10.3. The fourth-order valence-corrected chi connectivity index (χ4v) is 1.68. The molecule has 1 aliphatic carbocycles. The zero-order chi connectivity index (χ0) is 14.5. The molecule has 7 nitrogen and oxygen atoms in total. The van der Waals surface area contributed by atoms with E-state index in [0.29, 0.717) is 6.04 Å². The minimum absolute atomic E-state index is 0.0275. The van der Waals surface area contributed by atoms with Crippen LogP contribution in [-0.2, 0) is 0 Å². The van der Waals surface area contributed by atoms with Gasteiger partial charge < -0.3 is 4.74 Å². The largest absolute Gasteiger partial charge is 0.484 e. The molecule has 7 heteroatoms. The fourth-order valence-electron chi connectivity index (χ4n) is 1.68. The lowest BCUT2D eigenvalue weighted by atomic mass is 10.2. The molecule has 0 aliphatic heterocycles. The van der Waals surface area contributed by atoms with E-state index in [9.17, 15) is 10.1 Å². The van der Waals surface area contributed by atoms with E-state index in [0.717, 1.165) is 18.9 Å². The molecule has 0 bridgehead atoms. The molecule has 0 heterocycles. The van der Waals surface area contributed by atoms with E-state index < -0.39 is 11.0 Å². The maximum atomic E-state index is 10.9. The van der Waals surface area contributed by atoms with Gasteiger partial charge in [-0.2, -0.15) is 10.5 Å². The average molecular weight is 272 g/mol. The fraction of sp³-hybridized carbons (Fsp3) is 0.385. The van der Waals surface area contributed by atoms with Gasteiger partial charge in [-0.25, -0.2) is 0 Å². The lowest BCUT2D eigenvalue weighted by molar-refractivity contribution is -0.385. The Labute approximate surface area is 115 Å². The lowest BCUT2D eigenvalue weighted by Crippen LogP contribution is -2.34. The number of rotatable bonds is 6. The van der Waals surface area contributed by atoms with Crippen LogP contribution in [-0.4, -0.2) is 23.6 Å². The van der Waals surface area contributed by atoms with Crippen molar-refractivity contribution >= 4 is 5.69 Å². The van der Waals surface area contributed by atoms with Crippen LogP contribution in [0.1, 0.15) is 18.4 Å². The number of nitriles is 2. The molecule has 0 spiro atoms. The molecule has 1 aromatic carbocycles. The van der Waals surface area contributed by atoms with Crippen LogP contribution in [0.3, 0.4) is 0 Å². The summed E-state index contributed by atoms with van der Waals surface area (Å²) in [6.45, 7) is 0.0275. The topological polar surface area (TPSA) is 112 Å². The van der Waals surface area contributed by atoms with Crippen LogP contribution < -0.4 is 10.1 Å². The first-order valence-corrected chi connectivity index (χ1v) is 6.11. The molecule has 0 radical (unpaired) electrons. The second-order valence-electron chi connectivity index (χ2n) is 4.49. The standard InChI is InChI=1S/C13H12N4O3/c14-6-9-1-4-13(12(5-9)17(18)19)20-8-11(7-15)16-10-2-3-10/h1,4-5,10-11,16H,2-3,8H2. The van der Waals surface area contributed by atoms with Crippen molar-refractivity contribution in [1.29, 1.82) is 10.5 Å². The van der Waals surface area contributed by atoms with E-state index in [1.54, 1.807) is 0 Å². The SMILES string of the molecule is N#Cc1ccc(OCC(C#N)NC2CC2)c([N+](=O)[O-])c1. The van der Waals surface area contributed by atoms with E-state index in [1.165, 1.54) is 12.1 Å². The van der Waals surface area contributed by atoms with Crippen LogP contribution in [0.4, 0.5) is 5.69 Å². The van der Waals surface area contributed by atoms with Gasteiger partial charge in [-0.1, -0.05) is 0 Å². The van der Waals surface area contributed by atoms with Gasteiger partial charge in [-0.3, -0.25) is 15.4 Å². The maximum Gasteiger partial charge on any atom is 0.312 e. The summed E-state index contributed by atoms with van der Waals surface area (Å²) in [5.74, 6) is 0.0619. The van der Waals surface area contributed by atoms with Crippen molar-refractivity contribution < 1.29 is 9.66 Å². The minimum Gasteiger partial charge on any atom is -0.484 e. The third kappa shape index (κ3) is 3.44. The van der Waals surface area contributed by atoms with Gasteiger partial charge in [0.15, 0.2) is 5.75 Å². The Balaban J connectivity index is 2.06. The van der Waals surface area contributed by atoms with Gasteiger partial charge in [0.1, 0.15) is 12.6 Å². The van der Waals surface area contributed by atoms with Gasteiger partial charge >= 0.3 is 5.69 Å². The monoisotopic (exact) mass is 272 g/mol. The molecule has 20 heavy (non-hydrogen) atoms. The second-order valence-corrected chi connectivity index (χ2v) is 4.49. The van der Waals surface area contributed by atoms with Crippen molar-refractivity contribution in [2.45, 2.75) is 24.9 Å². The molecule has 2 rings (SSSR count). The first-order valence-electron chi connectivity index (χ1n) is 6.11. The Morgan fingerprint density at radius 2 is 2.25 bits per heavy atom. The van der Waals surface area contributed by atoms with Crippen molar-refractivity contribution in [3.8, 4) is 17.9 Å². The Morgan fingerprint density at radius 3 is 2.80 bits per heavy atom. The number of ether oxygens (including phenoxy) is 1. The van der Waals surface area contributed by atoms with Crippen LogP contribution in [0.15, 0.2) is 18.2 Å². The quantitative estimate of drug-likeness (QED) is 0.620. The van der Waals surface area contributed by atoms with Crippen molar-refractivity contribution in [1.82, 2.24) is 5.32 Å². The Kier molecular flexibility index (Phi) is 4.14. The highest BCUT2D eigenvalue weighted by Gasteiger charge is 2.25. The summed E-state index contributed by atoms with van der Waals surface area (Å²) < 4.78 is 5.34. The van der Waals surface area contributed by atoms with Crippen molar-refractivity contribution in [3.63, 3.8) is 0 Å². The molecule has 0 aromatic heterocycles. The third-order valence-corrected chi connectivity index (χ3v) is 2.86. The molecule has 1 aromatic rings. The summed E-state index contributed by atoms with van der Waals surface area (Å²) in [5.41, 5.74) is -0.0795. The van der Waals surface area contributed by atoms with Gasteiger partial charge in [0, 0.05) is 12.1 Å². The molecule has 0 amide bonds. The van der Waals surface area contributed by atoms with Crippen LogP contribution in [0.2, 0.25) is 0 Å². The number of nitro benzene ring substituents is 1. The summed E-state index contributed by atoms with van der Waals surface area (Å²) in [6.07, 6.45) is 2.07. The highest BCUT2D eigenvalue weighted by molar-refractivity contribution is 5.51. The number of nitrogens with one attached hydrogen (secondary N) is 1. The van der Waals surface area contributed by atoms with E-state index in [-0.39, 0.29) is 23.6 Å². The van der Waals surface area contributed by atoms with E-state index in [1.807, 2.05) is 6.07 Å². The lowest BCUT2D eigenvalue weighted by Gasteiger charge is -2.12. The van der Waals surface area contributed by atoms with Crippen LogP contribution >= 0.6 is 0 Å². The van der Waals surface area contributed by atoms with E-state index in [2.05, 4.69) is 11.4 Å². The van der Waals surface area contributed by atoms with E-state index in [4.69, 9.17) is 15.3 Å². The van der Waals surface area contributed by atoms with Crippen molar-refractivity contribution in [3.05, 3.63) is 33.9 Å². The molecule has 1 saturated carbocycles. The molecule has 1 fully saturated rings. The second kappa shape index (κ2) is 6.00. The zero-order valence-electron chi connectivity index (χ0n) is 10.6. The summed E-state index contributed by atoms with van der Waals surface area (Å²) in [7, 11) is 0. The Hall–Kier alpha value is -2.64. The van der Waals surface area contributed by atoms with Crippen molar-refractivity contribution in [2.75, 3.05) is 6.61 Å². The van der Waals surface area contributed by atoms with Gasteiger partial charge in [-0.05, 0) is 25.0 Å². The smallest absolute Gasteiger partial charge is 0.312 e. The molecule has 0 saturated heterocycles. The highest BCUT2D eigenvalue weighted by Crippen LogP contribution is 2.28. The molecule has 1 aliphatic rings. The van der Waals surface area contributed by atoms with Crippen LogP contribution in [0.5, 0.6) is 5.75 Å². The first kappa shape index (κ1) is 13.8. The number of nitrogens with zero attached hydrogens (tertiary/aromatic N) is 3. The zero-order valence-corrected chi connectivity index (χ0v) is 10.6. The molecule has 1 atom stereocenters. The van der Waals surface area contributed by atoms with Gasteiger partial charge in [0.05, 0.1) is 22.6 Å². The molecule has 102 valence electrons. The summed E-state index contributed by atoms with van der Waals surface area (Å²) in [5, 5.41) is 31.7. The van der Waals surface area contributed by atoms with Crippen LogP contribution in [0, 0.1) is 32.8 Å². The third-order valence-electron chi connectivity index (χ3n) is 2.86. The number of benzene rings is 1. The predicted molar refractivity (Wildman–Crippen MR) is 68.9 cm³/mol. The Bertz CT molecular complexity index is 599. The number of nitro groups is 1. The highest BCUT2D eigenvalue weighted by atomic mass is 16.6. The maximum absolute atomic E-state index is 10.9. The molecule has 1 N–H and O–H groups in total. The summed E-state index contributed by atoms with van der Waals surface area (Å²) >= 11 is 0. The normalized spacial score (nSPS) is 14.9. The summed E-state index contributed by atoms with van der Waals surface area (Å²) in [6, 6.07) is 7.71. The number of hydrogen-bond donors (Lipinski definition) is 1. The minimum atomic E-state index is -0.605.